The zero-order chi connectivity index (χ0) is 9.42. The molecular weight excluding hydrogens is 162 g/mol. The zero-order valence-electron chi connectivity index (χ0n) is 8.15. The standard InChI is InChI=1S/C10H13N3/c1-7(2)13-10-4-8(3)5-11-9(10)6-12-13/h4-7H,1-3H3. The highest BCUT2D eigenvalue weighted by Crippen LogP contribution is 2.16. The Hall–Kier alpha value is -1.38. The van der Waals surface area contributed by atoms with Gasteiger partial charge in [0.2, 0.25) is 0 Å². The molecule has 3 heteroatoms. The second-order valence-electron chi connectivity index (χ2n) is 3.60. The van der Waals surface area contributed by atoms with Crippen LogP contribution in [-0.4, -0.2) is 14.8 Å². The van der Waals surface area contributed by atoms with E-state index in [9.17, 15) is 0 Å². The molecular formula is C10H13N3. The summed E-state index contributed by atoms with van der Waals surface area (Å²) in [6.07, 6.45) is 3.68. The van der Waals surface area contributed by atoms with Gasteiger partial charge in [0, 0.05) is 12.2 Å². The Kier molecular flexibility index (Phi) is 1.79. The normalized spacial score (nSPS) is 11.4. The summed E-state index contributed by atoms with van der Waals surface area (Å²) in [7, 11) is 0. The average Bonchev–Trinajstić information content (AvgIpc) is 2.46. The van der Waals surface area contributed by atoms with Gasteiger partial charge in [-0.1, -0.05) is 0 Å². The van der Waals surface area contributed by atoms with Crippen molar-refractivity contribution >= 4 is 11.0 Å². The van der Waals surface area contributed by atoms with Gasteiger partial charge in [0.25, 0.3) is 0 Å². The molecule has 0 unspecified atom stereocenters. The lowest BCUT2D eigenvalue weighted by Crippen LogP contribution is -2.02. The molecule has 0 aromatic carbocycles. The molecule has 3 nitrogen and oxygen atoms in total. The van der Waals surface area contributed by atoms with E-state index >= 15 is 0 Å². The number of hydrogen-bond acceptors (Lipinski definition) is 2. The summed E-state index contributed by atoms with van der Waals surface area (Å²) in [5.41, 5.74) is 3.27. The molecule has 0 aliphatic heterocycles. The molecule has 2 rings (SSSR count). The largest absolute Gasteiger partial charge is 0.261 e. The average molecular weight is 175 g/mol. The Bertz CT molecular complexity index is 429. The molecule has 0 N–H and O–H groups in total. The van der Waals surface area contributed by atoms with E-state index < -0.39 is 0 Å². The van der Waals surface area contributed by atoms with Crippen molar-refractivity contribution in [2.45, 2.75) is 26.8 Å². The van der Waals surface area contributed by atoms with Crippen molar-refractivity contribution in [3.05, 3.63) is 24.0 Å². The van der Waals surface area contributed by atoms with Gasteiger partial charge in [-0.05, 0) is 32.4 Å². The number of nitrogens with zero attached hydrogens (tertiary/aromatic N) is 3. The van der Waals surface area contributed by atoms with E-state index in [0.717, 1.165) is 11.0 Å². The van der Waals surface area contributed by atoms with Gasteiger partial charge < -0.3 is 0 Å². The predicted octanol–water partition coefficient (Wildman–Crippen LogP) is 2.32. The summed E-state index contributed by atoms with van der Waals surface area (Å²) in [6.45, 7) is 6.29. The summed E-state index contributed by atoms with van der Waals surface area (Å²) in [5.74, 6) is 0. The number of aromatic nitrogens is 3. The predicted molar refractivity (Wildman–Crippen MR) is 52.7 cm³/mol. The molecule has 2 aromatic rings. The molecule has 0 radical (unpaired) electrons. The highest BCUT2D eigenvalue weighted by molar-refractivity contribution is 5.74. The van der Waals surface area contributed by atoms with Crippen molar-refractivity contribution in [2.75, 3.05) is 0 Å². The Labute approximate surface area is 77.4 Å². The van der Waals surface area contributed by atoms with Crippen molar-refractivity contribution < 1.29 is 0 Å². The molecule has 0 bridgehead atoms. The van der Waals surface area contributed by atoms with Gasteiger partial charge in [0.15, 0.2) is 0 Å². The minimum atomic E-state index is 0.390. The first-order valence-electron chi connectivity index (χ1n) is 4.48. The van der Waals surface area contributed by atoms with E-state index in [0.29, 0.717) is 6.04 Å². The maximum Gasteiger partial charge on any atom is 0.108 e. The lowest BCUT2D eigenvalue weighted by atomic mass is 10.3. The van der Waals surface area contributed by atoms with E-state index in [-0.39, 0.29) is 0 Å². The van der Waals surface area contributed by atoms with Crippen LogP contribution in [0.1, 0.15) is 25.5 Å². The van der Waals surface area contributed by atoms with E-state index in [1.54, 1.807) is 0 Å². The Morgan fingerprint density at radius 2 is 2.08 bits per heavy atom. The molecule has 13 heavy (non-hydrogen) atoms. The minimum Gasteiger partial charge on any atom is -0.261 e. The first kappa shape index (κ1) is 8.23. The summed E-state index contributed by atoms with van der Waals surface area (Å²) in [4.78, 5) is 4.30. The highest BCUT2D eigenvalue weighted by atomic mass is 15.3. The molecule has 0 saturated carbocycles. The lowest BCUT2D eigenvalue weighted by molar-refractivity contribution is 0.551. The monoisotopic (exact) mass is 175 g/mol. The smallest absolute Gasteiger partial charge is 0.108 e. The second kappa shape index (κ2) is 2.83. The molecule has 68 valence electrons. The van der Waals surface area contributed by atoms with Crippen LogP contribution in [0.5, 0.6) is 0 Å². The van der Waals surface area contributed by atoms with Crippen LogP contribution in [0.15, 0.2) is 18.5 Å². The molecule has 2 heterocycles. The van der Waals surface area contributed by atoms with E-state index in [4.69, 9.17) is 0 Å². The number of pyridine rings is 1. The van der Waals surface area contributed by atoms with Gasteiger partial charge in [0.05, 0.1) is 11.7 Å². The summed E-state index contributed by atoms with van der Waals surface area (Å²) in [6, 6.07) is 2.51. The van der Waals surface area contributed by atoms with E-state index in [1.165, 1.54) is 5.56 Å². The third-order valence-electron chi connectivity index (χ3n) is 2.07. The van der Waals surface area contributed by atoms with Crippen LogP contribution in [0.2, 0.25) is 0 Å². The number of aryl methyl sites for hydroxylation is 1. The van der Waals surface area contributed by atoms with Crippen LogP contribution in [0.25, 0.3) is 11.0 Å². The Morgan fingerprint density at radius 3 is 2.77 bits per heavy atom. The summed E-state index contributed by atoms with van der Waals surface area (Å²) < 4.78 is 2.00. The number of rotatable bonds is 1. The molecule has 0 amide bonds. The van der Waals surface area contributed by atoms with Gasteiger partial charge in [-0.15, -0.1) is 0 Å². The maximum atomic E-state index is 4.30. The van der Waals surface area contributed by atoms with Crippen LogP contribution in [-0.2, 0) is 0 Å². The summed E-state index contributed by atoms with van der Waals surface area (Å²) >= 11 is 0. The Morgan fingerprint density at radius 1 is 1.31 bits per heavy atom. The number of hydrogen-bond donors (Lipinski definition) is 0. The molecule has 0 saturated heterocycles. The molecule has 0 spiro atoms. The van der Waals surface area contributed by atoms with Gasteiger partial charge >= 0.3 is 0 Å². The molecule has 0 atom stereocenters. The van der Waals surface area contributed by atoms with Crippen molar-refractivity contribution in [1.82, 2.24) is 14.8 Å². The molecule has 0 aliphatic rings. The van der Waals surface area contributed by atoms with E-state index in [2.05, 4.69) is 30.0 Å². The maximum absolute atomic E-state index is 4.30. The van der Waals surface area contributed by atoms with E-state index in [1.807, 2.05) is 24.0 Å². The molecule has 2 aromatic heterocycles. The summed E-state index contributed by atoms with van der Waals surface area (Å²) in [5, 5.41) is 4.29. The first-order chi connectivity index (χ1) is 6.18. The van der Waals surface area contributed by atoms with Crippen molar-refractivity contribution in [1.29, 1.82) is 0 Å². The van der Waals surface area contributed by atoms with Crippen LogP contribution < -0.4 is 0 Å². The SMILES string of the molecule is Cc1cnc2cnn(C(C)C)c2c1. The third-order valence-corrected chi connectivity index (χ3v) is 2.07. The highest BCUT2D eigenvalue weighted by Gasteiger charge is 2.05. The quantitative estimate of drug-likeness (QED) is 0.666. The van der Waals surface area contributed by atoms with Crippen molar-refractivity contribution in [2.24, 2.45) is 0 Å². The Balaban J connectivity index is 2.71. The van der Waals surface area contributed by atoms with Crippen molar-refractivity contribution in [3.63, 3.8) is 0 Å². The van der Waals surface area contributed by atoms with Gasteiger partial charge in [-0.3, -0.25) is 9.67 Å². The fraction of sp³-hybridized carbons (Fsp3) is 0.400. The third kappa shape index (κ3) is 1.30. The van der Waals surface area contributed by atoms with Gasteiger partial charge in [-0.25, -0.2) is 0 Å². The van der Waals surface area contributed by atoms with Crippen LogP contribution in [0.4, 0.5) is 0 Å². The topological polar surface area (TPSA) is 30.7 Å². The van der Waals surface area contributed by atoms with Crippen LogP contribution in [0.3, 0.4) is 0 Å². The van der Waals surface area contributed by atoms with Gasteiger partial charge in [-0.2, -0.15) is 5.10 Å². The van der Waals surface area contributed by atoms with Crippen LogP contribution in [0, 0.1) is 6.92 Å². The van der Waals surface area contributed by atoms with Crippen LogP contribution >= 0.6 is 0 Å². The van der Waals surface area contributed by atoms with Gasteiger partial charge in [0.1, 0.15) is 5.52 Å². The molecule has 0 fully saturated rings. The zero-order valence-corrected chi connectivity index (χ0v) is 8.15. The first-order valence-corrected chi connectivity index (χ1v) is 4.48. The lowest BCUT2D eigenvalue weighted by Gasteiger charge is -2.06. The second-order valence-corrected chi connectivity index (χ2v) is 3.60. The minimum absolute atomic E-state index is 0.390. The molecule has 0 aliphatic carbocycles. The number of fused-ring (bicyclic) bond motifs is 1. The fourth-order valence-corrected chi connectivity index (χ4v) is 1.44. The van der Waals surface area contributed by atoms with Crippen molar-refractivity contribution in [3.8, 4) is 0 Å². The fourth-order valence-electron chi connectivity index (χ4n) is 1.44.